The Morgan fingerprint density at radius 1 is 1.20 bits per heavy atom. The van der Waals surface area contributed by atoms with Crippen LogP contribution in [-0.2, 0) is 11.3 Å². The van der Waals surface area contributed by atoms with Crippen LogP contribution in [0.2, 0.25) is 0 Å². The van der Waals surface area contributed by atoms with Crippen molar-refractivity contribution >= 4 is 22.6 Å². The van der Waals surface area contributed by atoms with Gasteiger partial charge in [-0.15, -0.1) is 0 Å². The van der Waals surface area contributed by atoms with Crippen molar-refractivity contribution in [1.29, 1.82) is 0 Å². The number of nitrogens with zero attached hydrogens (tertiary/aromatic N) is 2. The minimum absolute atomic E-state index is 0.109. The summed E-state index contributed by atoms with van der Waals surface area (Å²) in [5, 5.41) is 12.8. The van der Waals surface area contributed by atoms with E-state index in [2.05, 4.69) is 21.9 Å². The number of amides is 1. The van der Waals surface area contributed by atoms with Crippen molar-refractivity contribution in [1.82, 2.24) is 14.5 Å². The summed E-state index contributed by atoms with van der Waals surface area (Å²) in [6.45, 7) is 3.59. The number of H-pyrrole nitrogens is 1. The normalized spacial score (nSPS) is 10.8. The fraction of sp³-hybridized carbons (Fsp3) is 0.0870. The molecule has 1 aromatic carbocycles. The predicted octanol–water partition coefficient (Wildman–Crippen LogP) is 3.18. The minimum Gasteiger partial charge on any atom is -0.395 e. The molecule has 7 heteroatoms. The molecule has 7 nitrogen and oxygen atoms in total. The van der Waals surface area contributed by atoms with Gasteiger partial charge in [-0.3, -0.25) is 9.59 Å². The van der Waals surface area contributed by atoms with E-state index in [0.717, 1.165) is 33.3 Å². The first-order valence-electron chi connectivity index (χ1n) is 9.42. The Bertz CT molecular complexity index is 1300. The maximum Gasteiger partial charge on any atom is 0.250 e. The highest BCUT2D eigenvalue weighted by Crippen LogP contribution is 2.31. The van der Waals surface area contributed by atoms with Gasteiger partial charge in [0.15, 0.2) is 0 Å². The van der Waals surface area contributed by atoms with Gasteiger partial charge in [-0.2, -0.15) is 0 Å². The molecule has 0 spiro atoms. The third kappa shape index (κ3) is 3.78. The molecule has 0 fully saturated rings. The third-order valence-corrected chi connectivity index (χ3v) is 4.82. The number of carbonyl (C=O) groups is 1. The highest BCUT2D eigenvalue weighted by molar-refractivity contribution is 5.99. The van der Waals surface area contributed by atoms with E-state index in [0.29, 0.717) is 5.69 Å². The van der Waals surface area contributed by atoms with E-state index < -0.39 is 0 Å². The standard InChI is InChI=1S/C23H20N4O3/c1-2-21(29)26-18-5-3-4-15(10-18)17-11-19-20(13-25-23(19)24-12-17)16-6-7-22(30)27(14-16)8-9-28/h2-7,10-14,28H,1,8-9H2,(H,24,25)(H,26,29). The molecule has 4 rings (SSSR count). The van der Waals surface area contributed by atoms with Crippen LogP contribution in [0, 0.1) is 0 Å². The van der Waals surface area contributed by atoms with Gasteiger partial charge < -0.3 is 20.0 Å². The van der Waals surface area contributed by atoms with Crippen molar-refractivity contribution in [2.24, 2.45) is 0 Å². The molecule has 1 amide bonds. The number of aromatic nitrogens is 3. The second-order valence-corrected chi connectivity index (χ2v) is 6.77. The average Bonchev–Trinajstić information content (AvgIpc) is 3.19. The number of benzene rings is 1. The van der Waals surface area contributed by atoms with Gasteiger partial charge >= 0.3 is 0 Å². The maximum absolute atomic E-state index is 12.0. The van der Waals surface area contributed by atoms with Gasteiger partial charge in [-0.05, 0) is 35.9 Å². The second-order valence-electron chi connectivity index (χ2n) is 6.77. The Kier molecular flexibility index (Phi) is 5.28. The summed E-state index contributed by atoms with van der Waals surface area (Å²) in [6, 6.07) is 12.8. The Labute approximate surface area is 172 Å². The first kappa shape index (κ1) is 19.4. The maximum atomic E-state index is 12.0. The zero-order valence-electron chi connectivity index (χ0n) is 16.1. The molecular weight excluding hydrogens is 380 g/mol. The highest BCUT2D eigenvalue weighted by Gasteiger charge is 2.11. The Hall–Kier alpha value is -3.97. The topological polar surface area (TPSA) is 100 Å². The lowest BCUT2D eigenvalue weighted by molar-refractivity contribution is -0.111. The molecule has 0 bridgehead atoms. The Morgan fingerprint density at radius 3 is 2.87 bits per heavy atom. The summed E-state index contributed by atoms with van der Waals surface area (Å²) in [7, 11) is 0. The van der Waals surface area contributed by atoms with E-state index in [4.69, 9.17) is 0 Å². The number of aliphatic hydroxyl groups is 1. The first-order chi connectivity index (χ1) is 14.6. The molecule has 3 aromatic heterocycles. The largest absolute Gasteiger partial charge is 0.395 e. The lowest BCUT2D eigenvalue weighted by atomic mass is 10.0. The fourth-order valence-electron chi connectivity index (χ4n) is 3.34. The summed E-state index contributed by atoms with van der Waals surface area (Å²) in [6.07, 6.45) is 6.58. The smallest absolute Gasteiger partial charge is 0.250 e. The van der Waals surface area contributed by atoms with E-state index >= 15 is 0 Å². The predicted molar refractivity (Wildman–Crippen MR) is 117 cm³/mol. The van der Waals surface area contributed by atoms with Gasteiger partial charge in [0.2, 0.25) is 5.91 Å². The summed E-state index contributed by atoms with van der Waals surface area (Å²) >= 11 is 0. The molecule has 0 unspecified atom stereocenters. The van der Waals surface area contributed by atoms with Crippen LogP contribution >= 0.6 is 0 Å². The van der Waals surface area contributed by atoms with E-state index in [9.17, 15) is 14.7 Å². The number of anilines is 1. The summed E-state index contributed by atoms with van der Waals surface area (Å²) in [5.41, 5.74) is 4.78. The summed E-state index contributed by atoms with van der Waals surface area (Å²) in [5.74, 6) is -0.272. The van der Waals surface area contributed by atoms with Crippen molar-refractivity contribution in [3.05, 3.63) is 84.1 Å². The molecule has 3 heterocycles. The van der Waals surface area contributed by atoms with Gasteiger partial charge in [0.05, 0.1) is 6.61 Å². The van der Waals surface area contributed by atoms with E-state index in [1.165, 1.54) is 16.7 Å². The number of hydrogen-bond donors (Lipinski definition) is 3. The van der Waals surface area contributed by atoms with Crippen molar-refractivity contribution < 1.29 is 9.90 Å². The van der Waals surface area contributed by atoms with Crippen molar-refractivity contribution in [3.8, 4) is 22.3 Å². The van der Waals surface area contributed by atoms with Gasteiger partial charge in [0, 0.05) is 59.0 Å². The quantitative estimate of drug-likeness (QED) is 0.433. The van der Waals surface area contributed by atoms with Crippen molar-refractivity contribution in [2.45, 2.75) is 6.54 Å². The van der Waals surface area contributed by atoms with Crippen LogP contribution in [0.4, 0.5) is 5.69 Å². The Morgan fingerprint density at radius 2 is 2.07 bits per heavy atom. The number of fused-ring (bicyclic) bond motifs is 1. The summed E-state index contributed by atoms with van der Waals surface area (Å²) in [4.78, 5) is 31.2. The second kappa shape index (κ2) is 8.18. The lowest BCUT2D eigenvalue weighted by Crippen LogP contribution is -2.20. The van der Waals surface area contributed by atoms with Gasteiger partial charge in [0.25, 0.3) is 5.56 Å². The van der Waals surface area contributed by atoms with E-state index in [1.807, 2.05) is 36.5 Å². The minimum atomic E-state index is -0.272. The molecule has 0 radical (unpaired) electrons. The van der Waals surface area contributed by atoms with Crippen LogP contribution in [-0.4, -0.2) is 32.2 Å². The fourth-order valence-corrected chi connectivity index (χ4v) is 3.34. The molecule has 4 aromatic rings. The average molecular weight is 400 g/mol. The highest BCUT2D eigenvalue weighted by atomic mass is 16.3. The number of hydrogen-bond acceptors (Lipinski definition) is 4. The number of aliphatic hydroxyl groups excluding tert-OH is 1. The van der Waals surface area contributed by atoms with E-state index in [1.54, 1.807) is 18.5 Å². The third-order valence-electron chi connectivity index (χ3n) is 4.82. The van der Waals surface area contributed by atoms with Gasteiger partial charge in [-0.25, -0.2) is 4.98 Å². The molecule has 0 saturated heterocycles. The van der Waals surface area contributed by atoms with Crippen LogP contribution in [0.3, 0.4) is 0 Å². The van der Waals surface area contributed by atoms with Gasteiger partial charge in [-0.1, -0.05) is 18.7 Å². The van der Waals surface area contributed by atoms with Gasteiger partial charge in [0.1, 0.15) is 5.65 Å². The zero-order chi connectivity index (χ0) is 21.1. The molecule has 0 aliphatic rings. The number of rotatable bonds is 6. The molecule has 0 saturated carbocycles. The van der Waals surface area contributed by atoms with Crippen LogP contribution < -0.4 is 10.9 Å². The molecular formula is C23H20N4O3. The van der Waals surface area contributed by atoms with Crippen LogP contribution in [0.25, 0.3) is 33.3 Å². The monoisotopic (exact) mass is 400 g/mol. The van der Waals surface area contributed by atoms with Crippen molar-refractivity contribution in [3.63, 3.8) is 0 Å². The Balaban J connectivity index is 1.77. The molecule has 0 aliphatic carbocycles. The lowest BCUT2D eigenvalue weighted by Gasteiger charge is -2.08. The van der Waals surface area contributed by atoms with Crippen LogP contribution in [0.5, 0.6) is 0 Å². The van der Waals surface area contributed by atoms with E-state index in [-0.39, 0.29) is 24.6 Å². The molecule has 0 aliphatic heterocycles. The SMILES string of the molecule is C=CC(=O)Nc1cccc(-c2cnc3[nH]cc(-c4ccc(=O)n(CCO)c4)c3c2)c1. The molecule has 150 valence electrons. The zero-order valence-corrected chi connectivity index (χ0v) is 16.1. The molecule has 0 atom stereocenters. The molecule has 3 N–H and O–H groups in total. The number of carbonyl (C=O) groups excluding carboxylic acids is 1. The van der Waals surface area contributed by atoms with Crippen LogP contribution in [0.15, 0.2) is 78.5 Å². The van der Waals surface area contributed by atoms with Crippen molar-refractivity contribution in [2.75, 3.05) is 11.9 Å². The summed E-state index contributed by atoms with van der Waals surface area (Å²) < 4.78 is 1.48. The number of aromatic amines is 1. The van der Waals surface area contributed by atoms with Crippen LogP contribution in [0.1, 0.15) is 0 Å². The number of pyridine rings is 2. The molecule has 30 heavy (non-hydrogen) atoms. The number of nitrogens with one attached hydrogen (secondary N) is 2. The first-order valence-corrected chi connectivity index (χ1v) is 9.42.